The van der Waals surface area contributed by atoms with E-state index in [4.69, 9.17) is 5.73 Å². The number of hydrogen-bond acceptors (Lipinski definition) is 2. The molecule has 0 aliphatic carbocycles. The summed E-state index contributed by atoms with van der Waals surface area (Å²) in [4.78, 5) is 11.7. The zero-order valence-electron chi connectivity index (χ0n) is 11.2. The maximum Gasteiger partial charge on any atom is 0.255 e. The molecule has 0 saturated heterocycles. The number of rotatable bonds is 4. The lowest BCUT2D eigenvalue weighted by Gasteiger charge is -2.05. The number of hydrogen-bond donors (Lipinski definition) is 2. The van der Waals surface area contributed by atoms with Crippen molar-refractivity contribution in [3.63, 3.8) is 0 Å². The number of carbonyl (C=O) groups excluding carboxylic acids is 1. The maximum atomic E-state index is 11.7. The first-order chi connectivity index (χ1) is 9.04. The number of nitrogens with two attached hydrogens (primary N) is 1. The van der Waals surface area contributed by atoms with Crippen LogP contribution in [0.25, 0.3) is 0 Å². The van der Waals surface area contributed by atoms with Crippen LogP contribution in [0.5, 0.6) is 0 Å². The molecule has 19 heavy (non-hydrogen) atoms. The van der Waals surface area contributed by atoms with Gasteiger partial charge >= 0.3 is 0 Å². The molecule has 0 fully saturated rings. The molecule has 0 heterocycles. The third kappa shape index (κ3) is 7.39. The maximum absolute atomic E-state index is 11.7. The molecule has 3 N–H and O–H groups in total. The van der Waals surface area contributed by atoms with E-state index in [2.05, 4.69) is 25.1 Å². The molecule has 0 atom stereocenters. The molecular weight excluding hydrogens is 236 g/mol. The Bertz CT molecular complexity index is 473. The largest absolute Gasteiger partial charge is 0.399 e. The van der Waals surface area contributed by atoms with E-state index >= 15 is 0 Å². The van der Waals surface area contributed by atoms with Gasteiger partial charge in [0.2, 0.25) is 0 Å². The second-order valence-electron chi connectivity index (χ2n) is 3.61. The van der Waals surface area contributed by atoms with Gasteiger partial charge in [0.15, 0.2) is 0 Å². The van der Waals surface area contributed by atoms with Gasteiger partial charge < -0.3 is 11.1 Å². The summed E-state index contributed by atoms with van der Waals surface area (Å²) in [5.41, 5.74) is 6.83. The fourth-order valence-corrected chi connectivity index (χ4v) is 1.14. The van der Waals surface area contributed by atoms with Crippen molar-refractivity contribution in [3.8, 4) is 0 Å². The van der Waals surface area contributed by atoms with Crippen molar-refractivity contribution in [1.82, 2.24) is 0 Å². The normalized spacial score (nSPS) is 9.63. The van der Waals surface area contributed by atoms with Crippen molar-refractivity contribution in [1.29, 1.82) is 0 Å². The second-order valence-corrected chi connectivity index (χ2v) is 3.61. The first kappa shape index (κ1) is 16.5. The van der Waals surface area contributed by atoms with Crippen LogP contribution in [0.15, 0.2) is 79.6 Å². The van der Waals surface area contributed by atoms with Gasteiger partial charge in [-0.2, -0.15) is 0 Å². The fraction of sp³-hybridized carbons (Fsp3) is 0.0625. The molecule has 100 valence electrons. The number of anilines is 1. The molecule has 0 spiro atoms. The van der Waals surface area contributed by atoms with Gasteiger partial charge in [0, 0.05) is 17.0 Å². The third-order valence-electron chi connectivity index (χ3n) is 1.85. The minimum absolute atomic E-state index is 0.257. The van der Waals surface area contributed by atoms with E-state index in [1.807, 2.05) is 25.1 Å². The summed E-state index contributed by atoms with van der Waals surface area (Å²) in [7, 11) is 0. The predicted octanol–water partition coefficient (Wildman–Crippen LogP) is 3.40. The monoisotopic (exact) mass is 256 g/mol. The Morgan fingerprint density at radius 2 is 1.79 bits per heavy atom. The quantitative estimate of drug-likeness (QED) is 0.493. The van der Waals surface area contributed by atoms with Crippen LogP contribution in [0.1, 0.15) is 6.92 Å². The minimum Gasteiger partial charge on any atom is -0.399 e. The van der Waals surface area contributed by atoms with Crippen molar-refractivity contribution in [2.45, 2.75) is 6.92 Å². The Morgan fingerprint density at radius 1 is 1.26 bits per heavy atom. The molecule has 0 aliphatic heterocycles. The van der Waals surface area contributed by atoms with E-state index in [1.165, 1.54) is 12.2 Å². The zero-order valence-corrected chi connectivity index (χ0v) is 11.2. The topological polar surface area (TPSA) is 55.1 Å². The highest BCUT2D eigenvalue weighted by molar-refractivity contribution is 6.05. The molecule has 1 aromatic carbocycles. The molecule has 0 aliphatic rings. The summed E-state index contributed by atoms with van der Waals surface area (Å²) in [6.07, 6.45) is 4.67. The molecule has 0 bridgehead atoms. The Labute approximate surface area is 114 Å². The average molecular weight is 256 g/mol. The van der Waals surface area contributed by atoms with Crippen LogP contribution < -0.4 is 11.1 Å². The lowest BCUT2D eigenvalue weighted by Crippen LogP contribution is -2.13. The molecule has 0 radical (unpaired) electrons. The highest BCUT2D eigenvalue weighted by atomic mass is 16.1. The van der Waals surface area contributed by atoms with E-state index in [0.717, 1.165) is 5.69 Å². The first-order valence-electron chi connectivity index (χ1n) is 5.77. The van der Waals surface area contributed by atoms with Crippen molar-refractivity contribution >= 4 is 11.6 Å². The van der Waals surface area contributed by atoms with Gasteiger partial charge in [0.05, 0.1) is 0 Å². The molecule has 0 unspecified atom stereocenters. The van der Waals surface area contributed by atoms with Gasteiger partial charge in [0.25, 0.3) is 5.91 Å². The molecule has 3 nitrogen and oxygen atoms in total. The van der Waals surface area contributed by atoms with Gasteiger partial charge in [-0.3, -0.25) is 4.79 Å². The summed E-state index contributed by atoms with van der Waals surface area (Å²) in [6.45, 7) is 12.3. The molecule has 1 rings (SSSR count). The van der Waals surface area contributed by atoms with E-state index in [1.54, 1.807) is 18.2 Å². The number of para-hydroxylation sites is 1. The molecule has 0 saturated carbocycles. The molecule has 3 heteroatoms. The smallest absolute Gasteiger partial charge is 0.255 e. The van der Waals surface area contributed by atoms with E-state index in [-0.39, 0.29) is 5.91 Å². The van der Waals surface area contributed by atoms with Crippen molar-refractivity contribution < 1.29 is 4.79 Å². The lowest BCUT2D eigenvalue weighted by atomic mass is 10.2. The van der Waals surface area contributed by atoms with Gasteiger partial charge in [-0.05, 0) is 25.1 Å². The fourth-order valence-electron chi connectivity index (χ4n) is 1.14. The molecule has 0 aromatic heterocycles. The Balaban J connectivity index is 0.000000982. The second kappa shape index (κ2) is 9.48. The van der Waals surface area contributed by atoms with Crippen molar-refractivity contribution in [2.75, 3.05) is 5.32 Å². The van der Waals surface area contributed by atoms with Crippen LogP contribution in [-0.4, -0.2) is 5.91 Å². The summed E-state index contributed by atoms with van der Waals surface area (Å²) >= 11 is 0. The van der Waals surface area contributed by atoms with Crippen LogP contribution in [0.4, 0.5) is 5.69 Å². The van der Waals surface area contributed by atoms with Gasteiger partial charge in [0.1, 0.15) is 0 Å². The number of nitrogens with one attached hydrogen (secondary N) is 1. The summed E-state index contributed by atoms with van der Waals surface area (Å²) in [6, 6.07) is 9.16. The van der Waals surface area contributed by atoms with Gasteiger partial charge in [-0.15, -0.1) is 6.58 Å². The van der Waals surface area contributed by atoms with Crippen LogP contribution in [0, 0.1) is 0 Å². The standard InChI is InChI=1S/C13H14N2O.C3H6/c1-3-11(9-10(2)14)13(16)15-12-7-5-4-6-8-12;1-3-2/h3-9H,1-2,14H2,(H,15,16);3H,1H2,2H3/b11-9+;. The highest BCUT2D eigenvalue weighted by Crippen LogP contribution is 2.08. The molecular formula is C16H20N2O. The Hall–Kier alpha value is -2.55. The SMILES string of the molecule is C=C/C(=C\C(=C)N)C(=O)Nc1ccccc1.C=CC. The number of amides is 1. The third-order valence-corrected chi connectivity index (χ3v) is 1.85. The van der Waals surface area contributed by atoms with Crippen LogP contribution in [-0.2, 0) is 4.79 Å². The van der Waals surface area contributed by atoms with Crippen LogP contribution in [0.2, 0.25) is 0 Å². The lowest BCUT2D eigenvalue weighted by molar-refractivity contribution is -0.112. The van der Waals surface area contributed by atoms with Crippen LogP contribution in [0.3, 0.4) is 0 Å². The zero-order chi connectivity index (χ0) is 14.7. The van der Waals surface area contributed by atoms with Crippen molar-refractivity contribution in [3.05, 3.63) is 79.6 Å². The van der Waals surface area contributed by atoms with E-state index in [0.29, 0.717) is 11.3 Å². The first-order valence-corrected chi connectivity index (χ1v) is 5.77. The highest BCUT2D eigenvalue weighted by Gasteiger charge is 2.05. The van der Waals surface area contributed by atoms with E-state index < -0.39 is 0 Å². The summed E-state index contributed by atoms with van der Waals surface area (Å²) < 4.78 is 0. The van der Waals surface area contributed by atoms with Crippen molar-refractivity contribution in [2.24, 2.45) is 5.73 Å². The van der Waals surface area contributed by atoms with Crippen LogP contribution >= 0.6 is 0 Å². The predicted molar refractivity (Wildman–Crippen MR) is 82.6 cm³/mol. The Kier molecular flexibility index (Phi) is 8.21. The minimum atomic E-state index is -0.257. The van der Waals surface area contributed by atoms with Gasteiger partial charge in [-0.1, -0.05) is 43.5 Å². The molecule has 1 aromatic rings. The number of benzene rings is 1. The summed E-state index contributed by atoms with van der Waals surface area (Å²) in [5, 5.41) is 2.72. The molecule has 1 amide bonds. The average Bonchev–Trinajstić information content (AvgIpc) is 2.37. The number of allylic oxidation sites excluding steroid dienone is 2. The summed E-state index contributed by atoms with van der Waals surface area (Å²) in [5.74, 6) is -0.257. The van der Waals surface area contributed by atoms with E-state index in [9.17, 15) is 4.79 Å². The van der Waals surface area contributed by atoms with Gasteiger partial charge in [-0.25, -0.2) is 0 Å². The Morgan fingerprint density at radius 3 is 2.21 bits per heavy atom. The number of carbonyl (C=O) groups is 1.